The minimum Gasteiger partial charge on any atom is -0.481 e. The quantitative estimate of drug-likeness (QED) is 0.347. The van der Waals surface area contributed by atoms with Crippen molar-refractivity contribution < 1.29 is 24.3 Å². The lowest BCUT2D eigenvalue weighted by molar-refractivity contribution is -0.138. The predicted molar refractivity (Wildman–Crippen MR) is 84.9 cm³/mol. The van der Waals surface area contributed by atoms with Crippen LogP contribution < -0.4 is 16.0 Å². The molecule has 0 aliphatic carbocycles. The molecule has 0 aromatic heterocycles. The van der Waals surface area contributed by atoms with Crippen molar-refractivity contribution in [3.63, 3.8) is 0 Å². The molecule has 0 unspecified atom stereocenters. The van der Waals surface area contributed by atoms with Crippen molar-refractivity contribution in [3.8, 4) is 0 Å². The predicted octanol–water partition coefficient (Wildman–Crippen LogP) is -0.179. The summed E-state index contributed by atoms with van der Waals surface area (Å²) in [7, 11) is 0. The van der Waals surface area contributed by atoms with E-state index < -0.39 is 12.0 Å². The van der Waals surface area contributed by atoms with Gasteiger partial charge in [-0.3, -0.25) is 19.2 Å². The Balaban J connectivity index is 3.88. The van der Waals surface area contributed by atoms with Crippen molar-refractivity contribution in [1.29, 1.82) is 0 Å². The molecule has 0 aliphatic heterocycles. The average Bonchev–Trinajstić information content (AvgIpc) is 2.49. The summed E-state index contributed by atoms with van der Waals surface area (Å²) in [6.07, 6.45) is 1.62. The van der Waals surface area contributed by atoms with Crippen LogP contribution in [-0.4, -0.2) is 54.3 Å². The van der Waals surface area contributed by atoms with Gasteiger partial charge in [0.2, 0.25) is 11.8 Å². The number of Topliss-reactive ketones (excluding diaryl/α,β-unsaturated/α-hetero) is 1. The van der Waals surface area contributed by atoms with E-state index in [4.69, 9.17) is 5.11 Å². The third kappa shape index (κ3) is 12.3. The first-order valence-electron chi connectivity index (χ1n) is 7.85. The number of carboxylic acid groups (broad SMARTS) is 1. The number of aliphatic carboxylic acids is 1. The van der Waals surface area contributed by atoms with Gasteiger partial charge in [0.05, 0.1) is 19.0 Å². The Morgan fingerprint density at radius 1 is 1.04 bits per heavy atom. The molecule has 132 valence electrons. The van der Waals surface area contributed by atoms with E-state index in [9.17, 15) is 19.2 Å². The second kappa shape index (κ2) is 12.6. The fourth-order valence-corrected chi connectivity index (χ4v) is 1.87. The number of ketones is 1. The first-order chi connectivity index (χ1) is 10.9. The van der Waals surface area contributed by atoms with E-state index in [2.05, 4.69) is 16.0 Å². The number of unbranched alkanes of at least 4 members (excludes halogenated alkanes) is 1. The Morgan fingerprint density at radius 2 is 1.74 bits per heavy atom. The maximum absolute atomic E-state index is 11.6. The summed E-state index contributed by atoms with van der Waals surface area (Å²) in [6, 6.07) is -0.510. The number of nitrogens with one attached hydrogen (secondary N) is 3. The first kappa shape index (κ1) is 21.0. The van der Waals surface area contributed by atoms with Gasteiger partial charge in [0.25, 0.3) is 0 Å². The zero-order valence-electron chi connectivity index (χ0n) is 13.8. The third-order valence-corrected chi connectivity index (χ3v) is 3.17. The van der Waals surface area contributed by atoms with E-state index in [1.54, 1.807) is 0 Å². The Kier molecular flexibility index (Phi) is 11.5. The van der Waals surface area contributed by atoms with Crippen LogP contribution in [0.15, 0.2) is 0 Å². The number of carboxylic acids is 1. The molecule has 2 amide bonds. The molecule has 23 heavy (non-hydrogen) atoms. The van der Waals surface area contributed by atoms with Crippen LogP contribution >= 0.6 is 0 Å². The lowest BCUT2D eigenvalue weighted by Crippen LogP contribution is -2.43. The van der Waals surface area contributed by atoms with Gasteiger partial charge in [0.15, 0.2) is 5.78 Å². The molecule has 0 saturated heterocycles. The van der Waals surface area contributed by atoms with Gasteiger partial charge in [0.1, 0.15) is 0 Å². The van der Waals surface area contributed by atoms with E-state index in [1.807, 2.05) is 6.92 Å². The SMILES string of the molecule is CCNCC(=O)N[C@@H](CCCCNC(=O)CCC(=O)O)C(C)=O. The Labute approximate surface area is 136 Å². The number of carbonyl (C=O) groups excluding carboxylic acids is 3. The van der Waals surface area contributed by atoms with E-state index in [0.717, 1.165) is 0 Å². The van der Waals surface area contributed by atoms with E-state index in [0.29, 0.717) is 32.4 Å². The van der Waals surface area contributed by atoms with Gasteiger partial charge in [-0.2, -0.15) is 0 Å². The van der Waals surface area contributed by atoms with Gasteiger partial charge in [-0.1, -0.05) is 6.92 Å². The zero-order valence-corrected chi connectivity index (χ0v) is 13.8. The van der Waals surface area contributed by atoms with Crippen molar-refractivity contribution in [2.24, 2.45) is 0 Å². The fraction of sp³-hybridized carbons (Fsp3) is 0.733. The first-order valence-corrected chi connectivity index (χ1v) is 7.85. The second-order valence-electron chi connectivity index (χ2n) is 5.25. The summed E-state index contributed by atoms with van der Waals surface area (Å²) in [4.78, 5) is 44.7. The highest BCUT2D eigenvalue weighted by Gasteiger charge is 2.16. The molecule has 0 aromatic rings. The molecule has 0 saturated carbocycles. The summed E-state index contributed by atoms with van der Waals surface area (Å²) in [5.74, 6) is -1.61. The van der Waals surface area contributed by atoms with Gasteiger partial charge in [-0.05, 0) is 32.7 Å². The van der Waals surface area contributed by atoms with E-state index in [-0.39, 0.29) is 37.0 Å². The third-order valence-electron chi connectivity index (χ3n) is 3.17. The molecular weight excluding hydrogens is 302 g/mol. The summed E-state index contributed by atoms with van der Waals surface area (Å²) in [5.41, 5.74) is 0. The molecule has 0 rings (SSSR count). The average molecular weight is 329 g/mol. The molecule has 1 atom stereocenters. The second-order valence-corrected chi connectivity index (χ2v) is 5.25. The van der Waals surface area contributed by atoms with E-state index in [1.165, 1.54) is 6.92 Å². The van der Waals surface area contributed by atoms with Crippen LogP contribution in [0.25, 0.3) is 0 Å². The molecular formula is C15H27N3O5. The van der Waals surface area contributed by atoms with Crippen molar-refractivity contribution in [1.82, 2.24) is 16.0 Å². The molecule has 0 heterocycles. The Hall–Kier alpha value is -1.96. The van der Waals surface area contributed by atoms with Crippen molar-refractivity contribution in [3.05, 3.63) is 0 Å². The monoisotopic (exact) mass is 329 g/mol. The maximum Gasteiger partial charge on any atom is 0.303 e. The van der Waals surface area contributed by atoms with Crippen molar-refractivity contribution in [2.75, 3.05) is 19.6 Å². The lowest BCUT2D eigenvalue weighted by atomic mass is 10.1. The molecule has 0 fully saturated rings. The highest BCUT2D eigenvalue weighted by molar-refractivity contribution is 5.88. The standard InChI is InChI=1S/C15H27N3O5/c1-3-16-10-14(21)18-12(11(2)19)6-4-5-9-17-13(20)7-8-15(22)23/h12,16H,3-10H2,1-2H3,(H,17,20)(H,18,21)(H,22,23)/t12-/m0/s1. The lowest BCUT2D eigenvalue weighted by Gasteiger charge is -2.16. The Bertz CT molecular complexity index is 412. The molecule has 8 heteroatoms. The van der Waals surface area contributed by atoms with Crippen LogP contribution in [0.5, 0.6) is 0 Å². The van der Waals surface area contributed by atoms with Gasteiger partial charge in [0, 0.05) is 13.0 Å². The zero-order chi connectivity index (χ0) is 17.7. The van der Waals surface area contributed by atoms with Crippen LogP contribution in [0.1, 0.15) is 46.0 Å². The van der Waals surface area contributed by atoms with Crippen LogP contribution in [0.4, 0.5) is 0 Å². The van der Waals surface area contributed by atoms with Gasteiger partial charge in [-0.15, -0.1) is 0 Å². The molecule has 0 spiro atoms. The topological polar surface area (TPSA) is 125 Å². The molecule has 0 aromatic carbocycles. The maximum atomic E-state index is 11.6. The fourth-order valence-electron chi connectivity index (χ4n) is 1.87. The van der Waals surface area contributed by atoms with Gasteiger partial charge < -0.3 is 21.1 Å². The summed E-state index contributed by atoms with van der Waals surface area (Å²) >= 11 is 0. The molecule has 8 nitrogen and oxygen atoms in total. The molecule has 0 radical (unpaired) electrons. The highest BCUT2D eigenvalue weighted by atomic mass is 16.4. The summed E-state index contributed by atoms with van der Waals surface area (Å²) in [5, 5.41) is 16.7. The minimum absolute atomic E-state index is 0.0358. The van der Waals surface area contributed by atoms with Crippen molar-refractivity contribution in [2.45, 2.75) is 52.0 Å². The van der Waals surface area contributed by atoms with Gasteiger partial charge >= 0.3 is 5.97 Å². The molecule has 0 bridgehead atoms. The Morgan fingerprint density at radius 3 is 2.30 bits per heavy atom. The normalized spacial score (nSPS) is 11.6. The number of likely N-dealkylation sites (N-methyl/N-ethyl adjacent to an activating group) is 1. The molecule has 0 aliphatic rings. The van der Waals surface area contributed by atoms with Crippen LogP contribution in [0, 0.1) is 0 Å². The number of rotatable bonds is 13. The number of hydrogen-bond acceptors (Lipinski definition) is 5. The largest absolute Gasteiger partial charge is 0.481 e. The smallest absolute Gasteiger partial charge is 0.303 e. The number of carbonyl (C=O) groups is 4. The number of amides is 2. The van der Waals surface area contributed by atoms with Crippen LogP contribution in [-0.2, 0) is 19.2 Å². The van der Waals surface area contributed by atoms with Crippen molar-refractivity contribution >= 4 is 23.6 Å². The number of hydrogen-bond donors (Lipinski definition) is 4. The highest BCUT2D eigenvalue weighted by Crippen LogP contribution is 2.02. The minimum atomic E-state index is -1.00. The summed E-state index contributed by atoms with van der Waals surface area (Å²) < 4.78 is 0. The van der Waals surface area contributed by atoms with Gasteiger partial charge in [-0.25, -0.2) is 0 Å². The van der Waals surface area contributed by atoms with Crippen LogP contribution in [0.2, 0.25) is 0 Å². The molecule has 4 N–H and O–H groups in total. The van der Waals surface area contributed by atoms with E-state index >= 15 is 0 Å². The summed E-state index contributed by atoms with van der Waals surface area (Å²) in [6.45, 7) is 4.61. The van der Waals surface area contributed by atoms with Crippen LogP contribution in [0.3, 0.4) is 0 Å².